The quantitative estimate of drug-likeness (QED) is 0.544. The maximum Gasteiger partial charge on any atom is 3.00 e. The van der Waals surface area contributed by atoms with Crippen LogP contribution in [-0.2, 0) is 39.0 Å². The monoisotopic (exact) mass is 356 g/mol. The normalized spacial score (nSPS) is 5.85. The van der Waals surface area contributed by atoms with Gasteiger partial charge in [-0.25, -0.2) is 0 Å². The molecule has 0 spiro atoms. The van der Waals surface area contributed by atoms with Gasteiger partial charge in [0.05, 0.1) is 0 Å². The number of rotatable bonds is 0. The summed E-state index contributed by atoms with van der Waals surface area (Å²) in [5.74, 6) is 0. The van der Waals surface area contributed by atoms with E-state index in [1.54, 1.807) is 0 Å². The summed E-state index contributed by atoms with van der Waals surface area (Å²) in [4.78, 5) is 2.74. The van der Waals surface area contributed by atoms with Crippen LogP contribution in [0.25, 0.3) is 0 Å². The first kappa shape index (κ1) is 23.4. The largest absolute Gasteiger partial charge is 3.00 e. The Balaban J connectivity index is -0.0000000461. The summed E-state index contributed by atoms with van der Waals surface area (Å²) in [5.41, 5.74) is 0. The SMILES string of the molecule is [CH2-]CC.[CH2-]CC.[Ru+3].[Ru].[c-]1ccc[nH]1. The van der Waals surface area contributed by atoms with Crippen LogP contribution in [0, 0.1) is 20.0 Å². The Kier molecular flexibility index (Phi) is 52.9. The fraction of sp³-hybridized carbons (Fsp3) is 0.400. The number of aromatic nitrogens is 1. The molecule has 1 aromatic rings. The Morgan fingerprint density at radius 2 is 1.62 bits per heavy atom. The number of H-pyrrole nitrogens is 1. The molecule has 0 aromatic carbocycles. The van der Waals surface area contributed by atoms with Crippen molar-refractivity contribution in [3.05, 3.63) is 38.4 Å². The molecule has 0 aliphatic heterocycles. The summed E-state index contributed by atoms with van der Waals surface area (Å²) in [6.45, 7) is 11.0. The van der Waals surface area contributed by atoms with Crippen molar-refractivity contribution in [2.75, 3.05) is 0 Å². The van der Waals surface area contributed by atoms with Crippen LogP contribution in [-0.4, -0.2) is 4.98 Å². The predicted molar refractivity (Wildman–Crippen MR) is 50.9 cm³/mol. The van der Waals surface area contributed by atoms with Crippen LogP contribution in [0.2, 0.25) is 0 Å². The molecule has 0 atom stereocenters. The van der Waals surface area contributed by atoms with Crippen molar-refractivity contribution < 1.29 is 39.0 Å². The predicted octanol–water partition coefficient (Wildman–Crippen LogP) is 3.27. The van der Waals surface area contributed by atoms with E-state index >= 15 is 0 Å². The Morgan fingerprint density at radius 1 is 1.23 bits per heavy atom. The summed E-state index contributed by atoms with van der Waals surface area (Å²) >= 11 is 0. The van der Waals surface area contributed by atoms with E-state index in [1.807, 2.05) is 32.2 Å². The molecular formula is C10H18NRu2. The molecule has 0 amide bonds. The molecule has 0 saturated carbocycles. The minimum absolute atomic E-state index is 0. The maximum atomic E-state index is 3.49. The summed E-state index contributed by atoms with van der Waals surface area (Å²) in [6, 6.07) is 3.71. The fourth-order valence-electron chi connectivity index (χ4n) is 0.241. The first-order valence-electron chi connectivity index (χ1n) is 3.91. The van der Waals surface area contributed by atoms with Crippen LogP contribution in [0.3, 0.4) is 0 Å². The van der Waals surface area contributed by atoms with Crippen molar-refractivity contribution in [3.8, 4) is 0 Å². The van der Waals surface area contributed by atoms with Gasteiger partial charge in [0.1, 0.15) is 0 Å². The van der Waals surface area contributed by atoms with Gasteiger partial charge in [0.25, 0.3) is 0 Å². The summed E-state index contributed by atoms with van der Waals surface area (Å²) in [5, 5.41) is 0. The van der Waals surface area contributed by atoms with Gasteiger partial charge in [-0.15, -0.1) is 6.20 Å². The number of hydrogen-bond donors (Lipinski definition) is 1. The maximum absolute atomic E-state index is 3.49. The van der Waals surface area contributed by atoms with Crippen molar-refractivity contribution in [3.63, 3.8) is 0 Å². The molecule has 79 valence electrons. The second-order valence-electron chi connectivity index (χ2n) is 1.81. The molecule has 1 aromatic heterocycles. The van der Waals surface area contributed by atoms with Gasteiger partial charge < -0.3 is 18.8 Å². The van der Waals surface area contributed by atoms with E-state index < -0.39 is 0 Å². The van der Waals surface area contributed by atoms with E-state index in [9.17, 15) is 0 Å². The van der Waals surface area contributed by atoms with Gasteiger partial charge in [0, 0.05) is 19.5 Å². The molecule has 3 heteroatoms. The number of aromatic amines is 1. The van der Waals surface area contributed by atoms with Crippen LogP contribution >= 0.6 is 0 Å². The smallest absolute Gasteiger partial charge is 0.484 e. The first-order valence-corrected chi connectivity index (χ1v) is 3.91. The van der Waals surface area contributed by atoms with Gasteiger partial charge in [-0.1, -0.05) is 13.8 Å². The van der Waals surface area contributed by atoms with Gasteiger partial charge in [-0.2, -0.15) is 31.2 Å². The third-order valence-electron chi connectivity index (χ3n) is 0.442. The van der Waals surface area contributed by atoms with Crippen LogP contribution in [0.4, 0.5) is 0 Å². The van der Waals surface area contributed by atoms with Gasteiger partial charge in [0.15, 0.2) is 0 Å². The zero-order valence-corrected chi connectivity index (χ0v) is 11.7. The molecule has 13 heavy (non-hydrogen) atoms. The van der Waals surface area contributed by atoms with E-state index in [0.717, 1.165) is 12.8 Å². The molecule has 1 nitrogen and oxygen atoms in total. The zero-order valence-electron chi connectivity index (χ0n) is 8.27. The number of hydrogen-bond acceptors (Lipinski definition) is 0. The third-order valence-corrected chi connectivity index (χ3v) is 0.442. The Hall–Kier alpha value is 0.527. The molecule has 1 radical (unpaired) electrons. The molecule has 0 bridgehead atoms. The van der Waals surface area contributed by atoms with Crippen molar-refractivity contribution in [2.24, 2.45) is 0 Å². The average molecular weight is 354 g/mol. The molecule has 0 unspecified atom stereocenters. The topological polar surface area (TPSA) is 15.8 Å². The van der Waals surface area contributed by atoms with Crippen LogP contribution in [0.15, 0.2) is 18.3 Å². The third kappa shape index (κ3) is 45.4. The van der Waals surface area contributed by atoms with Crippen molar-refractivity contribution in [2.45, 2.75) is 26.7 Å². The van der Waals surface area contributed by atoms with Gasteiger partial charge in [0.2, 0.25) is 0 Å². The molecular weight excluding hydrogens is 336 g/mol. The minimum Gasteiger partial charge on any atom is -0.484 e. The molecule has 1 rings (SSSR count). The van der Waals surface area contributed by atoms with E-state index in [4.69, 9.17) is 0 Å². The molecule has 1 heterocycles. The molecule has 0 fully saturated rings. The molecule has 0 aliphatic carbocycles. The van der Waals surface area contributed by atoms with Crippen molar-refractivity contribution in [1.82, 2.24) is 4.98 Å². The zero-order chi connectivity index (χ0) is 8.95. The molecule has 0 saturated heterocycles. The summed E-state index contributed by atoms with van der Waals surface area (Å²) in [6.07, 6.45) is 6.56. The van der Waals surface area contributed by atoms with Gasteiger partial charge in [-0.05, 0) is 0 Å². The second kappa shape index (κ2) is 29.4. The van der Waals surface area contributed by atoms with E-state index in [0.29, 0.717) is 0 Å². The van der Waals surface area contributed by atoms with Crippen LogP contribution in [0.5, 0.6) is 0 Å². The van der Waals surface area contributed by atoms with E-state index in [1.165, 1.54) is 0 Å². The fourth-order valence-corrected chi connectivity index (χ4v) is 0.241. The van der Waals surface area contributed by atoms with Crippen molar-refractivity contribution in [1.29, 1.82) is 0 Å². The van der Waals surface area contributed by atoms with E-state index in [2.05, 4.69) is 25.0 Å². The molecule has 0 aliphatic rings. The minimum atomic E-state index is 0. The first-order chi connectivity index (χ1) is 5.33. The van der Waals surface area contributed by atoms with Gasteiger partial charge >= 0.3 is 19.5 Å². The van der Waals surface area contributed by atoms with Gasteiger partial charge in [-0.3, -0.25) is 0 Å². The Bertz CT molecular complexity index is 88.4. The van der Waals surface area contributed by atoms with E-state index in [-0.39, 0.29) is 39.0 Å². The van der Waals surface area contributed by atoms with Crippen LogP contribution in [0.1, 0.15) is 26.7 Å². The summed E-state index contributed by atoms with van der Waals surface area (Å²) < 4.78 is 0. The van der Waals surface area contributed by atoms with Crippen LogP contribution < -0.4 is 0 Å². The second-order valence-corrected chi connectivity index (χ2v) is 1.81. The Labute approximate surface area is 109 Å². The summed E-state index contributed by atoms with van der Waals surface area (Å²) in [7, 11) is 0. The Morgan fingerprint density at radius 3 is 1.69 bits per heavy atom. The average Bonchev–Trinajstić information content (AvgIpc) is 2.44. The molecule has 1 N–H and O–H groups in total. The van der Waals surface area contributed by atoms with Crippen molar-refractivity contribution >= 4 is 0 Å². The number of nitrogens with one attached hydrogen (secondary N) is 1. The standard InChI is InChI=1S/C4H4N.2C3H7.2Ru/c1-2-4-5-3-1;2*1-3-2;;/h1-3,5H;2*1,3H2,2H3;;/q3*-1;;+3.